The summed E-state index contributed by atoms with van der Waals surface area (Å²) in [5, 5.41) is 9.27. The molecule has 0 aliphatic carbocycles. The van der Waals surface area contributed by atoms with Crippen molar-refractivity contribution in [3.05, 3.63) is 39.9 Å². The smallest absolute Gasteiger partial charge is 0.375 e. The zero-order chi connectivity index (χ0) is 18.9. The van der Waals surface area contributed by atoms with Gasteiger partial charge in [-0.25, -0.2) is 9.78 Å². The Balaban J connectivity index is 2.01. The number of ether oxygens (including phenoxy) is 1. The van der Waals surface area contributed by atoms with Crippen LogP contribution >= 0.6 is 0 Å². The highest BCUT2D eigenvalue weighted by Crippen LogP contribution is 2.34. The second-order valence-corrected chi connectivity index (χ2v) is 5.75. The third-order valence-corrected chi connectivity index (χ3v) is 4.03. The predicted molar refractivity (Wildman–Crippen MR) is 82.9 cm³/mol. The van der Waals surface area contributed by atoms with Crippen molar-refractivity contribution in [3.63, 3.8) is 0 Å². The quantitative estimate of drug-likeness (QED) is 0.876. The van der Waals surface area contributed by atoms with Gasteiger partial charge in [0.15, 0.2) is 11.5 Å². The molecule has 0 aromatic carbocycles. The summed E-state index contributed by atoms with van der Waals surface area (Å²) in [7, 11) is 0. The van der Waals surface area contributed by atoms with Gasteiger partial charge in [-0.1, -0.05) is 6.92 Å². The van der Waals surface area contributed by atoms with E-state index in [4.69, 9.17) is 4.74 Å². The van der Waals surface area contributed by atoms with Crippen LogP contribution < -0.4 is 5.56 Å². The lowest BCUT2D eigenvalue weighted by Crippen LogP contribution is -2.45. The summed E-state index contributed by atoms with van der Waals surface area (Å²) in [6, 6.07) is 2.12. The molecule has 2 aromatic heterocycles. The molecule has 1 fully saturated rings. The minimum absolute atomic E-state index is 0.203. The van der Waals surface area contributed by atoms with Gasteiger partial charge in [0.25, 0.3) is 11.5 Å². The van der Waals surface area contributed by atoms with E-state index in [-0.39, 0.29) is 31.6 Å². The van der Waals surface area contributed by atoms with E-state index in [1.807, 2.05) is 12.0 Å². The minimum Gasteiger partial charge on any atom is -0.375 e. The first-order valence-electron chi connectivity index (χ1n) is 7.93. The Morgan fingerprint density at radius 2 is 2.19 bits per heavy atom. The monoisotopic (exact) mass is 371 g/mol. The molecule has 8 nitrogen and oxygen atoms in total. The van der Waals surface area contributed by atoms with Crippen LogP contribution in [0.15, 0.2) is 23.1 Å². The van der Waals surface area contributed by atoms with E-state index >= 15 is 0 Å². The molecule has 1 amide bonds. The third kappa shape index (κ3) is 3.47. The number of H-pyrrole nitrogens is 1. The molecule has 0 spiro atoms. The summed E-state index contributed by atoms with van der Waals surface area (Å²) < 4.78 is 46.8. The van der Waals surface area contributed by atoms with Crippen molar-refractivity contribution in [1.82, 2.24) is 24.9 Å². The van der Waals surface area contributed by atoms with Gasteiger partial charge in [-0.15, -0.1) is 0 Å². The Hall–Kier alpha value is -2.69. The number of rotatable bonds is 3. The van der Waals surface area contributed by atoms with Crippen LogP contribution in [0.25, 0.3) is 5.82 Å². The van der Waals surface area contributed by atoms with E-state index in [0.717, 1.165) is 18.3 Å². The summed E-state index contributed by atoms with van der Waals surface area (Å²) >= 11 is 0. The zero-order valence-electron chi connectivity index (χ0n) is 13.8. The molecule has 26 heavy (non-hydrogen) atoms. The van der Waals surface area contributed by atoms with E-state index in [0.29, 0.717) is 11.1 Å². The van der Waals surface area contributed by atoms with E-state index in [1.54, 1.807) is 0 Å². The summed E-state index contributed by atoms with van der Waals surface area (Å²) in [6.45, 7) is 2.56. The minimum atomic E-state index is -4.84. The Morgan fingerprint density at radius 1 is 1.42 bits per heavy atom. The van der Waals surface area contributed by atoms with Crippen molar-refractivity contribution < 1.29 is 22.7 Å². The van der Waals surface area contributed by atoms with Crippen LogP contribution in [0.2, 0.25) is 0 Å². The topological polar surface area (TPSA) is 93.1 Å². The van der Waals surface area contributed by atoms with E-state index in [9.17, 15) is 22.8 Å². The molecule has 140 valence electrons. The van der Waals surface area contributed by atoms with Gasteiger partial charge < -0.3 is 9.64 Å². The highest BCUT2D eigenvalue weighted by atomic mass is 19.4. The molecule has 1 saturated heterocycles. The lowest BCUT2D eigenvalue weighted by atomic mass is 10.1. The van der Waals surface area contributed by atoms with Crippen LogP contribution in [0.3, 0.4) is 0 Å². The van der Waals surface area contributed by atoms with Crippen LogP contribution in [0.1, 0.15) is 29.4 Å². The van der Waals surface area contributed by atoms with Gasteiger partial charge in [-0.05, 0) is 12.5 Å². The van der Waals surface area contributed by atoms with Gasteiger partial charge in [-0.2, -0.15) is 23.4 Å². The number of aromatic nitrogens is 4. The fourth-order valence-electron chi connectivity index (χ4n) is 2.73. The summed E-state index contributed by atoms with van der Waals surface area (Å²) in [4.78, 5) is 25.1. The number of amides is 1. The molecule has 0 saturated carbocycles. The van der Waals surface area contributed by atoms with E-state index < -0.39 is 28.9 Å². The lowest BCUT2D eigenvalue weighted by Gasteiger charge is -2.32. The number of halogens is 3. The maximum atomic E-state index is 13.6. The molecule has 0 unspecified atom stereocenters. The van der Waals surface area contributed by atoms with Crippen molar-refractivity contribution in [3.8, 4) is 5.82 Å². The number of carbonyl (C=O) groups is 1. The van der Waals surface area contributed by atoms with Crippen LogP contribution in [-0.2, 0) is 10.9 Å². The molecule has 1 atom stereocenters. The van der Waals surface area contributed by atoms with Crippen molar-refractivity contribution in [2.24, 2.45) is 0 Å². The molecule has 3 heterocycles. The summed E-state index contributed by atoms with van der Waals surface area (Å²) in [5.41, 5.74) is -2.37. The number of hydrogen-bond acceptors (Lipinski definition) is 5. The first-order valence-corrected chi connectivity index (χ1v) is 7.93. The molecule has 0 bridgehead atoms. The van der Waals surface area contributed by atoms with Gasteiger partial charge in [0.2, 0.25) is 0 Å². The molecular weight excluding hydrogens is 355 g/mol. The molecule has 11 heteroatoms. The Bertz CT molecular complexity index is 840. The first-order chi connectivity index (χ1) is 12.3. The molecule has 1 N–H and O–H groups in total. The average molecular weight is 371 g/mol. The lowest BCUT2D eigenvalue weighted by molar-refractivity contribution is -0.143. The predicted octanol–water partition coefficient (Wildman–Crippen LogP) is 1.23. The van der Waals surface area contributed by atoms with E-state index in [1.165, 1.54) is 4.90 Å². The second-order valence-electron chi connectivity index (χ2n) is 5.75. The summed E-state index contributed by atoms with van der Waals surface area (Å²) in [5.74, 6) is -1.01. The molecule has 2 aromatic rings. The van der Waals surface area contributed by atoms with Crippen LogP contribution in [0.5, 0.6) is 0 Å². The largest absolute Gasteiger partial charge is 0.434 e. The molecular formula is C15H16F3N5O3. The van der Waals surface area contributed by atoms with Crippen molar-refractivity contribution in [2.75, 3.05) is 19.7 Å². The normalized spacial score (nSPS) is 18.2. The standard InChI is InChI=1S/C15H16F3N5O3/c1-2-9-8-22(5-6-26-9)14(25)10-7-19-23(13(10)15(16,17)18)11-3-4-12(24)21-20-11/h3-4,7,9H,2,5-6,8H2,1H3,(H,21,24)/t9-/m1/s1. The number of nitrogens with one attached hydrogen (secondary N) is 1. The van der Waals surface area contributed by atoms with Crippen LogP contribution in [0, 0.1) is 0 Å². The van der Waals surface area contributed by atoms with Gasteiger partial charge in [0.05, 0.1) is 24.5 Å². The number of morpholine rings is 1. The van der Waals surface area contributed by atoms with Crippen LogP contribution in [0.4, 0.5) is 13.2 Å². The fraction of sp³-hybridized carbons (Fsp3) is 0.467. The molecule has 1 aliphatic heterocycles. The SMILES string of the molecule is CC[C@@H]1CN(C(=O)c2cnn(-c3ccc(=O)[nH]n3)c2C(F)(F)F)CCO1. The molecule has 0 radical (unpaired) electrons. The fourth-order valence-corrected chi connectivity index (χ4v) is 2.73. The van der Waals surface area contributed by atoms with Gasteiger partial charge >= 0.3 is 6.18 Å². The highest BCUT2D eigenvalue weighted by molar-refractivity contribution is 5.95. The van der Waals surface area contributed by atoms with Gasteiger partial charge in [-0.3, -0.25) is 9.59 Å². The maximum absolute atomic E-state index is 13.6. The Labute approximate surface area is 145 Å². The highest BCUT2D eigenvalue weighted by Gasteiger charge is 2.42. The number of nitrogens with zero attached hydrogens (tertiary/aromatic N) is 4. The summed E-state index contributed by atoms with van der Waals surface area (Å²) in [6.07, 6.45) is -3.53. The zero-order valence-corrected chi connectivity index (χ0v) is 13.8. The first kappa shape index (κ1) is 18.1. The Kier molecular flexibility index (Phi) is 4.81. The third-order valence-electron chi connectivity index (χ3n) is 4.03. The maximum Gasteiger partial charge on any atom is 0.434 e. The molecule has 1 aliphatic rings. The number of carbonyl (C=O) groups excluding carboxylic acids is 1. The Morgan fingerprint density at radius 3 is 2.81 bits per heavy atom. The number of alkyl halides is 3. The second kappa shape index (κ2) is 6.90. The number of hydrogen-bond donors (Lipinski definition) is 1. The van der Waals surface area contributed by atoms with Crippen molar-refractivity contribution in [2.45, 2.75) is 25.6 Å². The average Bonchev–Trinajstić information content (AvgIpc) is 3.07. The number of aromatic amines is 1. The van der Waals surface area contributed by atoms with Crippen LogP contribution in [-0.4, -0.2) is 56.6 Å². The van der Waals surface area contributed by atoms with E-state index in [2.05, 4.69) is 10.2 Å². The molecule has 3 rings (SSSR count). The van der Waals surface area contributed by atoms with Crippen molar-refractivity contribution in [1.29, 1.82) is 0 Å². The van der Waals surface area contributed by atoms with Gasteiger partial charge in [0.1, 0.15) is 0 Å². The van der Waals surface area contributed by atoms with Crippen molar-refractivity contribution >= 4 is 5.91 Å². The van der Waals surface area contributed by atoms with Gasteiger partial charge in [0, 0.05) is 19.2 Å².